The van der Waals surface area contributed by atoms with Gasteiger partial charge in [0.15, 0.2) is 0 Å². The normalized spacial score (nSPS) is 23.6. The summed E-state index contributed by atoms with van der Waals surface area (Å²) in [6.07, 6.45) is 9.75. The molecule has 4 heterocycles. The van der Waals surface area contributed by atoms with Crippen molar-refractivity contribution in [3.05, 3.63) is 78.8 Å². The SMILES string of the molecule is O=C(c1ccc(-n2cccc2)cc1)N1C2CCC1CC(Oc1ccccn1)C2. The smallest absolute Gasteiger partial charge is 0.254 e. The summed E-state index contributed by atoms with van der Waals surface area (Å²) >= 11 is 0. The van der Waals surface area contributed by atoms with E-state index in [1.807, 2.05) is 71.6 Å². The van der Waals surface area contributed by atoms with Crippen molar-refractivity contribution in [3.63, 3.8) is 0 Å². The predicted octanol–water partition coefficient (Wildman–Crippen LogP) is 4.09. The van der Waals surface area contributed by atoms with E-state index in [0.717, 1.165) is 36.9 Å². The van der Waals surface area contributed by atoms with Gasteiger partial charge in [-0.05, 0) is 55.3 Å². The Balaban J connectivity index is 1.29. The lowest BCUT2D eigenvalue weighted by atomic mass is 9.98. The number of rotatable bonds is 4. The highest BCUT2D eigenvalue weighted by atomic mass is 16.5. The summed E-state index contributed by atoms with van der Waals surface area (Å²) < 4.78 is 8.12. The van der Waals surface area contributed by atoms with Gasteiger partial charge in [0, 0.05) is 60.8 Å². The van der Waals surface area contributed by atoms with Gasteiger partial charge in [0.1, 0.15) is 6.10 Å². The van der Waals surface area contributed by atoms with Gasteiger partial charge in [0.2, 0.25) is 5.88 Å². The molecule has 142 valence electrons. The van der Waals surface area contributed by atoms with Crippen LogP contribution >= 0.6 is 0 Å². The van der Waals surface area contributed by atoms with Crippen LogP contribution in [-0.2, 0) is 0 Å². The van der Waals surface area contributed by atoms with Crippen LogP contribution in [0.3, 0.4) is 0 Å². The van der Waals surface area contributed by atoms with Gasteiger partial charge in [0.25, 0.3) is 5.91 Å². The zero-order chi connectivity index (χ0) is 18.9. The average Bonchev–Trinajstić information content (AvgIpc) is 3.35. The van der Waals surface area contributed by atoms with Gasteiger partial charge < -0.3 is 14.2 Å². The molecule has 0 saturated carbocycles. The Morgan fingerprint density at radius 3 is 2.29 bits per heavy atom. The molecule has 2 bridgehead atoms. The Morgan fingerprint density at radius 1 is 0.929 bits per heavy atom. The van der Waals surface area contributed by atoms with Crippen LogP contribution < -0.4 is 4.74 Å². The second-order valence-electron chi connectivity index (χ2n) is 7.61. The van der Waals surface area contributed by atoms with Gasteiger partial charge in [-0.15, -0.1) is 0 Å². The van der Waals surface area contributed by atoms with E-state index in [0.29, 0.717) is 5.88 Å². The number of amides is 1. The molecule has 0 aliphatic carbocycles. The number of hydrogen-bond acceptors (Lipinski definition) is 3. The quantitative estimate of drug-likeness (QED) is 0.692. The zero-order valence-electron chi connectivity index (χ0n) is 15.6. The molecule has 0 radical (unpaired) electrons. The lowest BCUT2D eigenvalue weighted by Crippen LogP contribution is -2.49. The standard InChI is InChI=1S/C23H23N3O2/c27-23(17-6-8-18(9-7-17)25-13-3-4-14-25)26-19-10-11-20(26)16-21(15-19)28-22-5-1-2-12-24-22/h1-9,12-14,19-21H,10-11,15-16H2. The number of carbonyl (C=O) groups is 1. The van der Waals surface area contributed by atoms with Crippen molar-refractivity contribution in [1.82, 2.24) is 14.5 Å². The summed E-state index contributed by atoms with van der Waals surface area (Å²) in [6, 6.07) is 18.1. The third-order valence-electron chi connectivity index (χ3n) is 5.87. The van der Waals surface area contributed by atoms with Crippen LogP contribution in [-0.4, -0.2) is 38.5 Å². The first-order chi connectivity index (χ1) is 13.8. The molecule has 2 atom stereocenters. The number of piperidine rings is 1. The third-order valence-corrected chi connectivity index (χ3v) is 5.87. The largest absolute Gasteiger partial charge is 0.474 e. The monoisotopic (exact) mass is 373 g/mol. The van der Waals surface area contributed by atoms with Crippen LogP contribution in [0.4, 0.5) is 0 Å². The Bertz CT molecular complexity index is 924. The summed E-state index contributed by atoms with van der Waals surface area (Å²) in [5.41, 5.74) is 1.82. The van der Waals surface area contributed by atoms with Crippen molar-refractivity contribution in [3.8, 4) is 11.6 Å². The average molecular weight is 373 g/mol. The van der Waals surface area contributed by atoms with E-state index >= 15 is 0 Å². The van der Waals surface area contributed by atoms with Crippen molar-refractivity contribution in [2.45, 2.75) is 43.9 Å². The Morgan fingerprint density at radius 2 is 1.64 bits per heavy atom. The first-order valence-electron chi connectivity index (χ1n) is 9.92. The second kappa shape index (κ2) is 7.15. The lowest BCUT2D eigenvalue weighted by Gasteiger charge is -2.38. The molecule has 5 rings (SSSR count). The minimum Gasteiger partial charge on any atom is -0.474 e. The minimum absolute atomic E-state index is 0.132. The van der Waals surface area contributed by atoms with Gasteiger partial charge in [0.05, 0.1) is 0 Å². The number of pyridine rings is 1. The predicted molar refractivity (Wildman–Crippen MR) is 107 cm³/mol. The molecule has 1 amide bonds. The Kier molecular flexibility index (Phi) is 4.35. The fraction of sp³-hybridized carbons (Fsp3) is 0.304. The second-order valence-corrected chi connectivity index (χ2v) is 7.61. The maximum Gasteiger partial charge on any atom is 0.254 e. The van der Waals surface area contributed by atoms with Crippen LogP contribution in [0.2, 0.25) is 0 Å². The summed E-state index contributed by atoms with van der Waals surface area (Å²) in [4.78, 5) is 19.6. The van der Waals surface area contributed by atoms with Gasteiger partial charge >= 0.3 is 0 Å². The summed E-state index contributed by atoms with van der Waals surface area (Å²) in [6.45, 7) is 0. The number of fused-ring (bicyclic) bond motifs is 2. The fourth-order valence-corrected chi connectivity index (χ4v) is 4.57. The molecule has 2 fully saturated rings. The highest BCUT2D eigenvalue weighted by Crippen LogP contribution is 2.38. The molecule has 3 aromatic rings. The number of ether oxygens (including phenoxy) is 1. The van der Waals surface area contributed by atoms with Crippen LogP contribution in [0, 0.1) is 0 Å². The molecular weight excluding hydrogens is 350 g/mol. The Hall–Kier alpha value is -3.08. The fourth-order valence-electron chi connectivity index (χ4n) is 4.57. The molecular formula is C23H23N3O2. The van der Waals surface area contributed by atoms with E-state index in [9.17, 15) is 4.79 Å². The molecule has 2 aliphatic rings. The van der Waals surface area contributed by atoms with Gasteiger partial charge in [-0.1, -0.05) is 6.07 Å². The molecule has 2 unspecified atom stereocenters. The van der Waals surface area contributed by atoms with E-state index < -0.39 is 0 Å². The van der Waals surface area contributed by atoms with E-state index in [1.165, 1.54) is 0 Å². The zero-order valence-corrected chi connectivity index (χ0v) is 15.6. The number of hydrogen-bond donors (Lipinski definition) is 0. The molecule has 28 heavy (non-hydrogen) atoms. The molecule has 5 nitrogen and oxygen atoms in total. The topological polar surface area (TPSA) is 47.4 Å². The van der Waals surface area contributed by atoms with Crippen LogP contribution in [0.1, 0.15) is 36.0 Å². The molecule has 2 saturated heterocycles. The van der Waals surface area contributed by atoms with Crippen LogP contribution in [0.5, 0.6) is 5.88 Å². The first kappa shape index (κ1) is 17.0. The van der Waals surface area contributed by atoms with Crippen molar-refractivity contribution in [2.24, 2.45) is 0 Å². The number of benzene rings is 1. The van der Waals surface area contributed by atoms with Crippen molar-refractivity contribution in [2.75, 3.05) is 0 Å². The van der Waals surface area contributed by atoms with E-state index in [1.54, 1.807) is 6.20 Å². The molecule has 2 aromatic heterocycles. The van der Waals surface area contributed by atoms with E-state index in [2.05, 4.69) is 9.88 Å². The molecule has 1 aromatic carbocycles. The van der Waals surface area contributed by atoms with Gasteiger partial charge in [-0.3, -0.25) is 4.79 Å². The van der Waals surface area contributed by atoms with E-state index in [-0.39, 0.29) is 24.1 Å². The summed E-state index contributed by atoms with van der Waals surface area (Å²) in [7, 11) is 0. The maximum atomic E-state index is 13.2. The minimum atomic E-state index is 0.132. The molecule has 2 aliphatic heterocycles. The molecule has 0 spiro atoms. The number of carbonyl (C=O) groups excluding carboxylic acids is 1. The number of aromatic nitrogens is 2. The first-order valence-corrected chi connectivity index (χ1v) is 9.92. The molecule has 0 N–H and O–H groups in total. The van der Waals surface area contributed by atoms with Crippen molar-refractivity contribution >= 4 is 5.91 Å². The van der Waals surface area contributed by atoms with E-state index in [4.69, 9.17) is 4.74 Å². The summed E-state index contributed by atoms with van der Waals surface area (Å²) in [5.74, 6) is 0.815. The highest BCUT2D eigenvalue weighted by Gasteiger charge is 2.44. The third kappa shape index (κ3) is 3.17. The van der Waals surface area contributed by atoms with Crippen LogP contribution in [0.15, 0.2) is 73.2 Å². The van der Waals surface area contributed by atoms with Crippen molar-refractivity contribution in [1.29, 1.82) is 0 Å². The summed E-state index contributed by atoms with van der Waals surface area (Å²) in [5, 5.41) is 0. The van der Waals surface area contributed by atoms with Gasteiger partial charge in [-0.25, -0.2) is 4.98 Å². The van der Waals surface area contributed by atoms with Crippen molar-refractivity contribution < 1.29 is 9.53 Å². The highest BCUT2D eigenvalue weighted by molar-refractivity contribution is 5.95. The van der Waals surface area contributed by atoms with Gasteiger partial charge in [-0.2, -0.15) is 0 Å². The number of nitrogens with zero attached hydrogens (tertiary/aromatic N) is 3. The lowest BCUT2D eigenvalue weighted by molar-refractivity contribution is 0.0348. The Labute approximate surface area is 164 Å². The van der Waals surface area contributed by atoms with Crippen LogP contribution in [0.25, 0.3) is 5.69 Å². The molecule has 5 heteroatoms. The maximum absolute atomic E-state index is 13.2.